The summed E-state index contributed by atoms with van der Waals surface area (Å²) in [7, 11) is 3.48. The van der Waals surface area contributed by atoms with Crippen molar-refractivity contribution in [3.05, 3.63) is 46.2 Å². The minimum absolute atomic E-state index is 0.0185. The molecule has 5 nitrogen and oxygen atoms in total. The van der Waals surface area contributed by atoms with Crippen molar-refractivity contribution in [2.24, 2.45) is 7.05 Å². The second kappa shape index (κ2) is 6.54. The van der Waals surface area contributed by atoms with Gasteiger partial charge in [-0.3, -0.25) is 14.5 Å². The van der Waals surface area contributed by atoms with Crippen LogP contribution in [0.15, 0.2) is 35.1 Å². The number of likely N-dealkylation sites (tertiary alicyclic amines) is 1. The van der Waals surface area contributed by atoms with Crippen molar-refractivity contribution in [1.82, 2.24) is 14.8 Å². The predicted octanol–water partition coefficient (Wildman–Crippen LogP) is 1.64. The molecule has 0 spiro atoms. The van der Waals surface area contributed by atoms with E-state index in [0.29, 0.717) is 6.54 Å². The van der Waals surface area contributed by atoms with Gasteiger partial charge in [-0.2, -0.15) is 0 Å². The van der Waals surface area contributed by atoms with E-state index in [1.165, 1.54) is 0 Å². The monoisotopic (exact) mass is 313 g/mol. The van der Waals surface area contributed by atoms with Crippen LogP contribution in [0.1, 0.15) is 24.8 Å². The highest BCUT2D eigenvalue weighted by Gasteiger charge is 2.28. The standard InChI is InChI=1S/C18H23N3O2/c1-19-17(22)16-9-5-6-10-21(16)12-14-11-13-7-3-4-8-15(13)20(2)18(14)23/h3-4,7-8,11,16H,5-6,9-10,12H2,1-2H3,(H,19,22)/t16-/m1/s1. The van der Waals surface area contributed by atoms with Crippen molar-refractivity contribution in [3.63, 3.8) is 0 Å². The number of amides is 1. The molecule has 5 heteroatoms. The second-order valence-electron chi connectivity index (χ2n) is 6.19. The number of aryl methyl sites for hydroxylation is 1. The number of piperidine rings is 1. The van der Waals surface area contributed by atoms with Crippen LogP contribution in [-0.4, -0.2) is 35.0 Å². The van der Waals surface area contributed by atoms with Crippen molar-refractivity contribution >= 4 is 16.8 Å². The first-order chi connectivity index (χ1) is 11.1. The SMILES string of the molecule is CNC(=O)[C@H]1CCCCN1Cc1cc2ccccc2n(C)c1=O. The normalized spacial score (nSPS) is 19.0. The second-order valence-corrected chi connectivity index (χ2v) is 6.19. The molecule has 0 unspecified atom stereocenters. The van der Waals surface area contributed by atoms with Crippen molar-refractivity contribution in [2.75, 3.05) is 13.6 Å². The van der Waals surface area contributed by atoms with E-state index in [9.17, 15) is 9.59 Å². The third kappa shape index (κ3) is 3.01. The molecule has 0 bridgehead atoms. The van der Waals surface area contributed by atoms with Gasteiger partial charge in [0.25, 0.3) is 5.56 Å². The molecule has 122 valence electrons. The van der Waals surface area contributed by atoms with E-state index >= 15 is 0 Å². The van der Waals surface area contributed by atoms with Gasteiger partial charge >= 0.3 is 0 Å². The van der Waals surface area contributed by atoms with Crippen LogP contribution in [0, 0.1) is 0 Å². The first-order valence-corrected chi connectivity index (χ1v) is 8.15. The number of nitrogens with zero attached hydrogens (tertiary/aromatic N) is 2. The maximum atomic E-state index is 12.6. The minimum Gasteiger partial charge on any atom is -0.358 e. The summed E-state index contributed by atoms with van der Waals surface area (Å²) in [5.41, 5.74) is 1.70. The molecule has 1 aromatic carbocycles. The Labute approximate surface area is 135 Å². The number of para-hydroxylation sites is 1. The Morgan fingerprint density at radius 3 is 2.87 bits per heavy atom. The molecule has 1 aliphatic rings. The third-order valence-corrected chi connectivity index (χ3v) is 4.74. The Kier molecular flexibility index (Phi) is 4.48. The van der Waals surface area contributed by atoms with Gasteiger partial charge in [0.2, 0.25) is 5.91 Å². The summed E-state index contributed by atoms with van der Waals surface area (Å²) in [5.74, 6) is 0.0438. The summed E-state index contributed by atoms with van der Waals surface area (Å²) < 4.78 is 1.70. The molecule has 0 saturated carbocycles. The lowest BCUT2D eigenvalue weighted by Gasteiger charge is -2.34. The molecular weight excluding hydrogens is 290 g/mol. The fourth-order valence-corrected chi connectivity index (χ4v) is 3.47. The first kappa shape index (κ1) is 15.7. The molecule has 1 saturated heterocycles. The summed E-state index contributed by atoms with van der Waals surface area (Å²) in [4.78, 5) is 26.9. The number of carbonyl (C=O) groups excluding carboxylic acids is 1. The number of benzene rings is 1. The summed E-state index contributed by atoms with van der Waals surface area (Å²) in [6.07, 6.45) is 2.99. The number of hydrogen-bond acceptors (Lipinski definition) is 3. The van der Waals surface area contributed by atoms with Gasteiger partial charge in [0.05, 0.1) is 11.6 Å². The highest BCUT2D eigenvalue weighted by Crippen LogP contribution is 2.20. The molecule has 2 aromatic rings. The maximum absolute atomic E-state index is 12.6. The number of nitrogens with one attached hydrogen (secondary N) is 1. The smallest absolute Gasteiger partial charge is 0.255 e. The van der Waals surface area contributed by atoms with Crippen LogP contribution < -0.4 is 10.9 Å². The number of carbonyl (C=O) groups is 1. The zero-order valence-electron chi connectivity index (χ0n) is 13.7. The van der Waals surface area contributed by atoms with E-state index in [2.05, 4.69) is 10.2 Å². The number of hydrogen-bond donors (Lipinski definition) is 1. The molecule has 1 N–H and O–H groups in total. The quantitative estimate of drug-likeness (QED) is 0.937. The predicted molar refractivity (Wildman–Crippen MR) is 91.3 cm³/mol. The number of rotatable bonds is 3. The van der Waals surface area contributed by atoms with Crippen molar-refractivity contribution in [3.8, 4) is 0 Å². The summed E-state index contributed by atoms with van der Waals surface area (Å²) >= 11 is 0. The van der Waals surface area contributed by atoms with Gasteiger partial charge in [0.15, 0.2) is 0 Å². The largest absolute Gasteiger partial charge is 0.358 e. The van der Waals surface area contributed by atoms with E-state index < -0.39 is 0 Å². The summed E-state index contributed by atoms with van der Waals surface area (Å²) in [5, 5.41) is 3.80. The molecule has 1 aromatic heterocycles. The van der Waals surface area contributed by atoms with Gasteiger partial charge in [0.1, 0.15) is 0 Å². The van der Waals surface area contributed by atoms with Gasteiger partial charge < -0.3 is 9.88 Å². The Bertz CT molecular complexity index is 781. The summed E-state index contributed by atoms with van der Waals surface area (Å²) in [6, 6.07) is 9.72. The number of likely N-dealkylation sites (N-methyl/N-ethyl adjacent to an activating group) is 1. The zero-order valence-corrected chi connectivity index (χ0v) is 13.7. The van der Waals surface area contributed by atoms with E-state index in [0.717, 1.165) is 42.3 Å². The molecule has 1 atom stereocenters. The highest BCUT2D eigenvalue weighted by molar-refractivity contribution is 5.81. The van der Waals surface area contributed by atoms with Crippen LogP contribution in [-0.2, 0) is 18.4 Å². The molecule has 2 heterocycles. The summed E-state index contributed by atoms with van der Waals surface area (Å²) in [6.45, 7) is 1.38. The van der Waals surface area contributed by atoms with Crippen molar-refractivity contribution < 1.29 is 4.79 Å². The molecule has 23 heavy (non-hydrogen) atoms. The molecular formula is C18H23N3O2. The number of aromatic nitrogens is 1. The average molecular weight is 313 g/mol. The lowest BCUT2D eigenvalue weighted by Crippen LogP contribution is -2.48. The van der Waals surface area contributed by atoms with Gasteiger partial charge in [-0.05, 0) is 36.9 Å². The van der Waals surface area contributed by atoms with Crippen LogP contribution in [0.4, 0.5) is 0 Å². The van der Waals surface area contributed by atoms with Gasteiger partial charge in [0, 0.05) is 26.2 Å². The van der Waals surface area contributed by atoms with Crippen LogP contribution in [0.2, 0.25) is 0 Å². The van der Waals surface area contributed by atoms with E-state index in [1.807, 2.05) is 30.3 Å². The van der Waals surface area contributed by atoms with Crippen LogP contribution in [0.5, 0.6) is 0 Å². The molecule has 1 aliphatic heterocycles. The Hall–Kier alpha value is -2.14. The Balaban J connectivity index is 1.95. The van der Waals surface area contributed by atoms with Gasteiger partial charge in [-0.1, -0.05) is 24.6 Å². The molecule has 0 radical (unpaired) electrons. The molecule has 1 fully saturated rings. The Morgan fingerprint density at radius 2 is 2.09 bits per heavy atom. The highest BCUT2D eigenvalue weighted by atomic mass is 16.2. The number of fused-ring (bicyclic) bond motifs is 1. The van der Waals surface area contributed by atoms with Gasteiger partial charge in [-0.25, -0.2) is 0 Å². The lowest BCUT2D eigenvalue weighted by atomic mass is 10.0. The van der Waals surface area contributed by atoms with E-state index in [1.54, 1.807) is 18.7 Å². The minimum atomic E-state index is -0.134. The third-order valence-electron chi connectivity index (χ3n) is 4.74. The van der Waals surface area contributed by atoms with Crippen LogP contribution in [0.3, 0.4) is 0 Å². The molecule has 3 rings (SSSR count). The van der Waals surface area contributed by atoms with Crippen LogP contribution in [0.25, 0.3) is 10.9 Å². The van der Waals surface area contributed by atoms with E-state index in [-0.39, 0.29) is 17.5 Å². The van der Waals surface area contributed by atoms with Crippen LogP contribution >= 0.6 is 0 Å². The van der Waals surface area contributed by atoms with Gasteiger partial charge in [-0.15, -0.1) is 0 Å². The van der Waals surface area contributed by atoms with Crippen molar-refractivity contribution in [1.29, 1.82) is 0 Å². The lowest BCUT2D eigenvalue weighted by molar-refractivity contribution is -0.127. The fourth-order valence-electron chi connectivity index (χ4n) is 3.47. The first-order valence-electron chi connectivity index (χ1n) is 8.15. The average Bonchev–Trinajstić information content (AvgIpc) is 2.59. The zero-order chi connectivity index (χ0) is 16.4. The maximum Gasteiger partial charge on any atom is 0.255 e. The fraction of sp³-hybridized carbons (Fsp3) is 0.444. The number of pyridine rings is 1. The van der Waals surface area contributed by atoms with E-state index in [4.69, 9.17) is 0 Å². The van der Waals surface area contributed by atoms with Crippen molar-refractivity contribution in [2.45, 2.75) is 31.8 Å². The Morgan fingerprint density at radius 1 is 1.30 bits per heavy atom. The topological polar surface area (TPSA) is 54.3 Å². The molecule has 1 amide bonds. The molecule has 0 aliphatic carbocycles.